The predicted molar refractivity (Wildman–Crippen MR) is 65.9 cm³/mol. The van der Waals surface area contributed by atoms with Crippen LogP contribution in [0.3, 0.4) is 0 Å². The normalized spacial score (nSPS) is 26.7. The zero-order valence-electron chi connectivity index (χ0n) is 10.7. The van der Waals surface area contributed by atoms with Gasteiger partial charge in [-0.25, -0.2) is 16.8 Å². The zero-order valence-corrected chi connectivity index (χ0v) is 12.3. The van der Waals surface area contributed by atoms with E-state index in [0.717, 1.165) is 12.5 Å². The topological polar surface area (TPSA) is 104 Å². The Bertz CT molecular complexity index is 564. The van der Waals surface area contributed by atoms with Crippen LogP contribution in [0.1, 0.15) is 19.3 Å². The van der Waals surface area contributed by atoms with Gasteiger partial charge in [-0.15, -0.1) is 0 Å². The Kier molecular flexibility index (Phi) is 3.32. The molecule has 19 heavy (non-hydrogen) atoms. The molecule has 0 amide bonds. The number of ether oxygens (including phenoxy) is 2. The monoisotopic (exact) mass is 312 g/mol. The first-order valence-corrected chi connectivity index (χ1v) is 9.57. The van der Waals surface area contributed by atoms with E-state index in [1.54, 1.807) is 0 Å². The lowest BCUT2D eigenvalue weighted by molar-refractivity contribution is -0.185. The van der Waals surface area contributed by atoms with Crippen LogP contribution < -0.4 is 0 Å². The van der Waals surface area contributed by atoms with Gasteiger partial charge in [-0.1, -0.05) is 0 Å². The maximum absolute atomic E-state index is 12.3. The minimum atomic E-state index is -4.27. The summed E-state index contributed by atoms with van der Waals surface area (Å²) in [6, 6.07) is 0. The third-order valence-electron chi connectivity index (χ3n) is 3.58. The van der Waals surface area contributed by atoms with Gasteiger partial charge in [0.1, 0.15) is 0 Å². The van der Waals surface area contributed by atoms with E-state index in [-0.39, 0.29) is 26.1 Å². The number of Topliss-reactive ketones (excluding diaryl/α,β-unsaturated/α-hetero) is 1. The van der Waals surface area contributed by atoms with Gasteiger partial charge in [0, 0.05) is 25.4 Å². The number of carbonyl (C=O) groups is 1. The summed E-state index contributed by atoms with van der Waals surface area (Å²) in [5.74, 6) is -2.77. The number of sulfone groups is 2. The summed E-state index contributed by atoms with van der Waals surface area (Å²) in [5.41, 5.74) is 0. The highest BCUT2D eigenvalue weighted by Gasteiger charge is 2.74. The highest BCUT2D eigenvalue weighted by atomic mass is 32.3. The lowest BCUT2D eigenvalue weighted by Crippen LogP contribution is -2.69. The first-order valence-electron chi connectivity index (χ1n) is 5.79. The number of hydrogen-bond donors (Lipinski definition) is 0. The molecular weight excluding hydrogens is 296 g/mol. The molecule has 1 heterocycles. The number of hydrogen-bond acceptors (Lipinski definition) is 7. The van der Waals surface area contributed by atoms with Crippen molar-refractivity contribution in [1.29, 1.82) is 0 Å². The summed E-state index contributed by atoms with van der Waals surface area (Å²) in [6.07, 6.45) is 1.77. The fraction of sp³-hybridized carbons (Fsp3) is 0.900. The van der Waals surface area contributed by atoms with Crippen molar-refractivity contribution in [2.24, 2.45) is 0 Å². The van der Waals surface area contributed by atoms with Gasteiger partial charge in [0.05, 0.1) is 13.2 Å². The van der Waals surface area contributed by atoms with Gasteiger partial charge in [0.2, 0.25) is 5.79 Å². The molecule has 0 aromatic rings. The van der Waals surface area contributed by atoms with E-state index in [4.69, 9.17) is 9.47 Å². The van der Waals surface area contributed by atoms with E-state index in [9.17, 15) is 21.6 Å². The summed E-state index contributed by atoms with van der Waals surface area (Å²) < 4.78 is 56.7. The number of ketones is 1. The maximum atomic E-state index is 12.3. The van der Waals surface area contributed by atoms with Crippen LogP contribution in [-0.4, -0.2) is 58.2 Å². The molecule has 2 aliphatic rings. The SMILES string of the molecule is CS(=O)(=O)C1(S(C)(=O)=O)C(=O)CCCC12OCCO2. The Labute approximate surface area is 112 Å². The molecule has 9 heteroatoms. The van der Waals surface area contributed by atoms with Crippen molar-refractivity contribution in [3.8, 4) is 0 Å². The molecule has 1 spiro atoms. The molecule has 0 unspecified atom stereocenters. The van der Waals surface area contributed by atoms with Crippen molar-refractivity contribution in [3.63, 3.8) is 0 Å². The van der Waals surface area contributed by atoms with Gasteiger partial charge >= 0.3 is 0 Å². The van der Waals surface area contributed by atoms with Crippen LogP contribution in [-0.2, 0) is 33.9 Å². The smallest absolute Gasteiger partial charge is 0.282 e. The van der Waals surface area contributed by atoms with Crippen molar-refractivity contribution >= 4 is 25.5 Å². The van der Waals surface area contributed by atoms with Gasteiger partial charge < -0.3 is 9.47 Å². The van der Waals surface area contributed by atoms with Gasteiger partial charge in [0.15, 0.2) is 25.5 Å². The van der Waals surface area contributed by atoms with Crippen molar-refractivity contribution in [2.75, 3.05) is 25.7 Å². The van der Waals surface area contributed by atoms with E-state index < -0.39 is 35.3 Å². The minimum absolute atomic E-state index is 0.0683. The zero-order chi connectivity index (χ0) is 14.5. The summed E-state index contributed by atoms with van der Waals surface area (Å²) in [6.45, 7) is 0.139. The molecule has 1 aliphatic carbocycles. The van der Waals surface area contributed by atoms with Gasteiger partial charge in [-0.05, 0) is 6.42 Å². The van der Waals surface area contributed by atoms with Crippen molar-refractivity contribution in [3.05, 3.63) is 0 Å². The highest BCUT2D eigenvalue weighted by molar-refractivity contribution is 8.11. The van der Waals surface area contributed by atoms with Crippen LogP contribution in [0.4, 0.5) is 0 Å². The Morgan fingerprint density at radius 1 is 1.00 bits per heavy atom. The van der Waals surface area contributed by atoms with Crippen LogP contribution >= 0.6 is 0 Å². The second-order valence-corrected chi connectivity index (χ2v) is 9.46. The van der Waals surface area contributed by atoms with Gasteiger partial charge in [-0.3, -0.25) is 4.79 Å². The molecular formula is C10H16O7S2. The van der Waals surface area contributed by atoms with E-state index in [0.29, 0.717) is 6.42 Å². The molecule has 0 aromatic carbocycles. The molecule has 110 valence electrons. The molecule has 7 nitrogen and oxygen atoms in total. The Morgan fingerprint density at radius 2 is 1.47 bits per heavy atom. The average Bonchev–Trinajstić information content (AvgIpc) is 2.62. The van der Waals surface area contributed by atoms with Crippen molar-refractivity contribution in [1.82, 2.24) is 0 Å². The standard InChI is InChI=1S/C10H16O7S2/c1-18(12,13)10(19(2,14)15)8(11)4-3-5-9(10)16-6-7-17-9/h3-7H2,1-2H3. The average molecular weight is 312 g/mol. The van der Waals surface area contributed by atoms with Crippen LogP contribution in [0.15, 0.2) is 0 Å². The third kappa shape index (κ3) is 1.78. The Morgan fingerprint density at radius 3 is 1.89 bits per heavy atom. The van der Waals surface area contributed by atoms with Gasteiger partial charge in [0.25, 0.3) is 4.08 Å². The summed E-state index contributed by atoms with van der Waals surface area (Å²) >= 11 is 0. The lowest BCUT2D eigenvalue weighted by atomic mass is 9.91. The summed E-state index contributed by atoms with van der Waals surface area (Å²) in [7, 11) is -8.55. The van der Waals surface area contributed by atoms with Crippen LogP contribution in [0.5, 0.6) is 0 Å². The Hall–Kier alpha value is -0.510. The maximum Gasteiger partial charge on any atom is 0.282 e. The first-order chi connectivity index (χ1) is 8.58. The van der Waals surface area contributed by atoms with E-state index in [1.807, 2.05) is 0 Å². The highest BCUT2D eigenvalue weighted by Crippen LogP contribution is 2.48. The van der Waals surface area contributed by atoms with E-state index in [2.05, 4.69) is 0 Å². The molecule has 1 saturated carbocycles. The van der Waals surface area contributed by atoms with Crippen LogP contribution in [0.25, 0.3) is 0 Å². The fourth-order valence-corrected chi connectivity index (χ4v) is 7.87. The molecule has 0 bridgehead atoms. The molecule has 2 fully saturated rings. The molecule has 2 rings (SSSR count). The Balaban J connectivity index is 2.84. The van der Waals surface area contributed by atoms with Crippen LogP contribution in [0.2, 0.25) is 0 Å². The fourth-order valence-electron chi connectivity index (χ4n) is 3.07. The third-order valence-corrected chi connectivity index (χ3v) is 8.56. The summed E-state index contributed by atoms with van der Waals surface area (Å²) in [5, 5.41) is 0. The number of rotatable bonds is 2. The molecule has 1 saturated heterocycles. The minimum Gasteiger partial charge on any atom is -0.345 e. The molecule has 0 N–H and O–H groups in total. The first kappa shape index (κ1) is 14.9. The summed E-state index contributed by atoms with van der Waals surface area (Å²) in [4.78, 5) is 12.3. The van der Waals surface area contributed by atoms with Crippen LogP contribution in [0, 0.1) is 0 Å². The number of carbonyl (C=O) groups excluding carboxylic acids is 1. The molecule has 0 aromatic heterocycles. The quantitative estimate of drug-likeness (QED) is 0.662. The van der Waals surface area contributed by atoms with Gasteiger partial charge in [-0.2, -0.15) is 0 Å². The second-order valence-electron chi connectivity index (χ2n) is 4.89. The molecule has 0 radical (unpaired) electrons. The predicted octanol–water partition coefficient (Wildman–Crippen LogP) is -0.732. The lowest BCUT2D eigenvalue weighted by Gasteiger charge is -2.45. The van der Waals surface area contributed by atoms with E-state index >= 15 is 0 Å². The second kappa shape index (κ2) is 4.24. The molecule has 1 aliphatic heterocycles. The van der Waals surface area contributed by atoms with Crippen molar-refractivity contribution in [2.45, 2.75) is 29.1 Å². The van der Waals surface area contributed by atoms with E-state index in [1.165, 1.54) is 0 Å². The van der Waals surface area contributed by atoms with Crippen molar-refractivity contribution < 1.29 is 31.1 Å². The molecule has 0 atom stereocenters. The largest absolute Gasteiger partial charge is 0.345 e.